The highest BCUT2D eigenvalue weighted by Gasteiger charge is 2.38. The molecular weight excluding hydrogens is 322 g/mol. The average molecular weight is 345 g/mol. The van der Waals surface area contributed by atoms with Gasteiger partial charge in [-0.25, -0.2) is 4.79 Å². The fourth-order valence-corrected chi connectivity index (χ4v) is 4.11. The van der Waals surface area contributed by atoms with Gasteiger partial charge in [-0.05, 0) is 38.3 Å². The van der Waals surface area contributed by atoms with Gasteiger partial charge in [0.15, 0.2) is 0 Å². The first-order chi connectivity index (χ1) is 11.5. The van der Waals surface area contributed by atoms with E-state index in [1.165, 1.54) is 23.3 Å². The van der Waals surface area contributed by atoms with Crippen LogP contribution in [0.5, 0.6) is 0 Å². The predicted octanol–water partition coefficient (Wildman–Crippen LogP) is 3.72. The summed E-state index contributed by atoms with van der Waals surface area (Å²) >= 11 is 1.36. The Morgan fingerprint density at radius 1 is 1.21 bits per heavy atom. The maximum atomic E-state index is 12.6. The van der Waals surface area contributed by atoms with Gasteiger partial charge in [0.05, 0.1) is 5.54 Å². The van der Waals surface area contributed by atoms with Crippen molar-refractivity contribution in [2.24, 2.45) is 0 Å². The third-order valence-corrected chi connectivity index (χ3v) is 5.50. The maximum absolute atomic E-state index is 12.6. The van der Waals surface area contributed by atoms with Gasteiger partial charge in [0.1, 0.15) is 5.01 Å². The molecule has 2 amide bonds. The molecule has 1 heterocycles. The third kappa shape index (κ3) is 3.51. The summed E-state index contributed by atoms with van der Waals surface area (Å²) in [6.07, 6.45) is 5.02. The summed E-state index contributed by atoms with van der Waals surface area (Å²) in [6.45, 7) is 4.03. The molecule has 128 valence electrons. The molecule has 4 N–H and O–H groups in total. The van der Waals surface area contributed by atoms with E-state index < -0.39 is 5.54 Å². The van der Waals surface area contributed by atoms with Crippen molar-refractivity contribution in [3.63, 3.8) is 0 Å². The summed E-state index contributed by atoms with van der Waals surface area (Å²) < 4.78 is 0. The fraction of sp³-hybridized carbons (Fsp3) is 0.471. The predicted molar refractivity (Wildman–Crippen MR) is 97.2 cm³/mol. The third-order valence-electron chi connectivity index (χ3n) is 4.54. The summed E-state index contributed by atoms with van der Waals surface area (Å²) in [4.78, 5) is 12.6. The van der Waals surface area contributed by atoms with Gasteiger partial charge in [0, 0.05) is 5.69 Å². The van der Waals surface area contributed by atoms with Crippen molar-refractivity contribution in [3.05, 3.63) is 34.3 Å². The van der Waals surface area contributed by atoms with Gasteiger partial charge in [-0.1, -0.05) is 48.3 Å². The number of aryl methyl sites for hydroxylation is 2. The highest BCUT2D eigenvalue weighted by Crippen LogP contribution is 2.39. The molecule has 0 radical (unpaired) electrons. The first-order valence-electron chi connectivity index (χ1n) is 8.24. The second kappa shape index (κ2) is 6.76. The largest absolute Gasteiger partial charge is 0.374 e. The Morgan fingerprint density at radius 2 is 1.96 bits per heavy atom. The summed E-state index contributed by atoms with van der Waals surface area (Å²) in [7, 11) is 0. The minimum atomic E-state index is -0.462. The molecule has 6 nitrogen and oxygen atoms in total. The molecule has 1 aromatic heterocycles. The number of nitrogens with zero attached hydrogens (tertiary/aromatic N) is 2. The van der Waals surface area contributed by atoms with E-state index >= 15 is 0 Å². The van der Waals surface area contributed by atoms with Crippen molar-refractivity contribution in [3.8, 4) is 0 Å². The number of rotatable bonds is 3. The molecule has 0 spiro atoms. The van der Waals surface area contributed by atoms with Crippen LogP contribution in [0.1, 0.15) is 48.2 Å². The van der Waals surface area contributed by atoms with E-state index in [9.17, 15) is 4.79 Å². The zero-order chi connectivity index (χ0) is 17.2. The molecular formula is C17H23N5OS. The summed E-state index contributed by atoms with van der Waals surface area (Å²) in [6, 6.07) is 5.76. The van der Waals surface area contributed by atoms with E-state index in [2.05, 4.69) is 26.9 Å². The molecule has 1 aliphatic rings. The van der Waals surface area contributed by atoms with Crippen molar-refractivity contribution < 1.29 is 4.79 Å². The summed E-state index contributed by atoms with van der Waals surface area (Å²) in [5.74, 6) is 0. The first-order valence-corrected chi connectivity index (χ1v) is 9.06. The molecule has 1 aromatic carbocycles. The van der Waals surface area contributed by atoms with E-state index in [0.29, 0.717) is 5.13 Å². The number of nitrogens with one attached hydrogen (secondary N) is 2. The molecule has 0 unspecified atom stereocenters. The number of hydrogen-bond acceptors (Lipinski definition) is 5. The lowest BCUT2D eigenvalue weighted by atomic mass is 9.82. The maximum Gasteiger partial charge on any atom is 0.320 e. The standard InChI is InChI=1S/C17H23N5OS/c1-11-6-7-13(12(2)10-11)19-16(23)20-17(8-4-3-5-9-17)14-21-22-15(18)24-14/h6-7,10H,3-5,8-9H2,1-2H3,(H2,18,22)(H2,19,20,23). The number of anilines is 2. The van der Waals surface area contributed by atoms with Gasteiger partial charge in [-0.2, -0.15) is 0 Å². The fourth-order valence-electron chi connectivity index (χ4n) is 3.30. The van der Waals surface area contributed by atoms with Gasteiger partial charge >= 0.3 is 6.03 Å². The number of benzene rings is 1. The minimum absolute atomic E-state index is 0.211. The second-order valence-corrected chi connectivity index (χ2v) is 7.49. The lowest BCUT2D eigenvalue weighted by Gasteiger charge is -2.35. The zero-order valence-electron chi connectivity index (χ0n) is 14.1. The highest BCUT2D eigenvalue weighted by atomic mass is 32.1. The number of carbonyl (C=O) groups is 1. The Balaban J connectivity index is 1.78. The van der Waals surface area contributed by atoms with Gasteiger partial charge in [-0.15, -0.1) is 10.2 Å². The van der Waals surface area contributed by atoms with Crippen molar-refractivity contribution in [2.45, 2.75) is 51.5 Å². The number of hydrogen-bond donors (Lipinski definition) is 3. The molecule has 3 rings (SSSR count). The van der Waals surface area contributed by atoms with Crippen molar-refractivity contribution in [1.29, 1.82) is 0 Å². The topological polar surface area (TPSA) is 92.9 Å². The lowest BCUT2D eigenvalue weighted by molar-refractivity contribution is 0.212. The van der Waals surface area contributed by atoms with E-state index in [-0.39, 0.29) is 6.03 Å². The van der Waals surface area contributed by atoms with Crippen LogP contribution in [0.3, 0.4) is 0 Å². The Labute approximate surface area is 145 Å². The van der Waals surface area contributed by atoms with Gasteiger partial charge < -0.3 is 16.4 Å². The van der Waals surface area contributed by atoms with Crippen LogP contribution in [0, 0.1) is 13.8 Å². The number of nitrogen functional groups attached to an aromatic ring is 1. The van der Waals surface area contributed by atoms with Crippen LogP contribution in [-0.4, -0.2) is 16.2 Å². The van der Waals surface area contributed by atoms with E-state index in [1.807, 2.05) is 26.0 Å². The summed E-state index contributed by atoms with van der Waals surface area (Å²) in [5.41, 5.74) is 8.32. The van der Waals surface area contributed by atoms with Crippen molar-refractivity contribution >= 4 is 28.2 Å². The first kappa shape index (κ1) is 16.7. The Hall–Kier alpha value is -2.15. The Bertz CT molecular complexity index is 736. The van der Waals surface area contributed by atoms with Crippen LogP contribution in [-0.2, 0) is 5.54 Å². The van der Waals surface area contributed by atoms with Crippen molar-refractivity contribution in [2.75, 3.05) is 11.1 Å². The highest BCUT2D eigenvalue weighted by molar-refractivity contribution is 7.15. The molecule has 0 atom stereocenters. The molecule has 2 aromatic rings. The molecule has 7 heteroatoms. The summed E-state index contributed by atoms with van der Waals surface area (Å²) in [5, 5.41) is 15.5. The van der Waals surface area contributed by atoms with Gasteiger partial charge in [-0.3, -0.25) is 0 Å². The Kier molecular flexibility index (Phi) is 4.71. The SMILES string of the molecule is Cc1ccc(NC(=O)NC2(c3nnc(N)s3)CCCCC2)c(C)c1. The number of amides is 2. The molecule has 0 saturated heterocycles. The van der Waals surface area contributed by atoms with Crippen LogP contribution < -0.4 is 16.4 Å². The molecule has 24 heavy (non-hydrogen) atoms. The number of nitrogens with two attached hydrogens (primary N) is 1. The smallest absolute Gasteiger partial charge is 0.320 e. The van der Waals surface area contributed by atoms with Crippen LogP contribution in [0.2, 0.25) is 0 Å². The molecule has 0 aliphatic heterocycles. The minimum Gasteiger partial charge on any atom is -0.374 e. The van der Waals surface area contributed by atoms with Crippen LogP contribution in [0.25, 0.3) is 0 Å². The number of carbonyl (C=O) groups excluding carboxylic acids is 1. The normalized spacial score (nSPS) is 16.6. The monoisotopic (exact) mass is 345 g/mol. The average Bonchev–Trinajstić information content (AvgIpc) is 2.98. The van der Waals surface area contributed by atoms with Gasteiger partial charge in [0.25, 0.3) is 0 Å². The van der Waals surface area contributed by atoms with Crippen LogP contribution in [0.15, 0.2) is 18.2 Å². The zero-order valence-corrected chi connectivity index (χ0v) is 14.9. The lowest BCUT2D eigenvalue weighted by Crippen LogP contribution is -2.49. The van der Waals surface area contributed by atoms with Crippen LogP contribution >= 0.6 is 11.3 Å². The molecule has 1 aliphatic carbocycles. The number of aromatic nitrogens is 2. The van der Waals surface area contributed by atoms with Crippen molar-refractivity contribution in [1.82, 2.24) is 15.5 Å². The van der Waals surface area contributed by atoms with Crippen LogP contribution in [0.4, 0.5) is 15.6 Å². The van der Waals surface area contributed by atoms with E-state index in [1.54, 1.807) is 0 Å². The Morgan fingerprint density at radius 3 is 2.58 bits per heavy atom. The van der Waals surface area contributed by atoms with Gasteiger partial charge in [0.2, 0.25) is 5.13 Å². The molecule has 0 bridgehead atoms. The quantitative estimate of drug-likeness (QED) is 0.790. The van der Waals surface area contributed by atoms with E-state index in [4.69, 9.17) is 5.73 Å². The second-order valence-electron chi connectivity index (χ2n) is 6.49. The molecule has 1 fully saturated rings. The number of urea groups is 1. The van der Waals surface area contributed by atoms with E-state index in [0.717, 1.165) is 41.9 Å². The molecule has 1 saturated carbocycles.